The molecule has 13 heavy (non-hydrogen) atoms. The first kappa shape index (κ1) is 12.4. The Balaban J connectivity index is 3.97. The largest absolute Gasteiger partial charge is 0.393 e. The second kappa shape index (κ2) is 6.83. The zero-order chi connectivity index (χ0) is 10.3. The van der Waals surface area contributed by atoms with Crippen molar-refractivity contribution in [2.75, 3.05) is 13.2 Å². The number of hydrogen-bond donors (Lipinski definition) is 3. The maximum Gasteiger partial charge on any atom is 0.0978 e. The number of aliphatic hydroxyl groups is 3. The topological polar surface area (TPSA) is 60.7 Å². The van der Waals surface area contributed by atoms with E-state index in [4.69, 9.17) is 15.3 Å². The van der Waals surface area contributed by atoms with Gasteiger partial charge in [-0.1, -0.05) is 17.7 Å². The molecular weight excluding hydrogens is 168 g/mol. The van der Waals surface area contributed by atoms with Crippen LogP contribution < -0.4 is 0 Å². The minimum atomic E-state index is -0.761. The van der Waals surface area contributed by atoms with Crippen LogP contribution in [-0.4, -0.2) is 34.6 Å². The summed E-state index contributed by atoms with van der Waals surface area (Å²) in [5, 5.41) is 26.5. The third-order valence-corrected chi connectivity index (χ3v) is 1.85. The van der Waals surface area contributed by atoms with Crippen LogP contribution in [0.25, 0.3) is 0 Å². The molecule has 1 atom stereocenters. The highest BCUT2D eigenvalue weighted by atomic mass is 16.3. The van der Waals surface area contributed by atoms with Crippen LogP contribution in [0.2, 0.25) is 0 Å². The number of aliphatic hydroxyl groups excluding tert-OH is 3. The first-order valence-corrected chi connectivity index (χ1v) is 4.33. The summed E-state index contributed by atoms with van der Waals surface area (Å²) < 4.78 is 0. The second-order valence-electron chi connectivity index (χ2n) is 3.09. The first-order chi connectivity index (χ1) is 6.11. The van der Waals surface area contributed by atoms with Gasteiger partial charge in [-0.2, -0.15) is 0 Å². The van der Waals surface area contributed by atoms with Gasteiger partial charge in [0.05, 0.1) is 19.3 Å². The lowest BCUT2D eigenvalue weighted by atomic mass is 10.1. The van der Waals surface area contributed by atoms with Gasteiger partial charge in [0.2, 0.25) is 0 Å². The molecule has 0 aromatic heterocycles. The van der Waals surface area contributed by atoms with E-state index >= 15 is 0 Å². The zero-order valence-electron chi connectivity index (χ0n) is 8.20. The molecular formula is C10H18O3. The van der Waals surface area contributed by atoms with E-state index in [1.54, 1.807) is 6.92 Å². The molecule has 0 saturated carbocycles. The van der Waals surface area contributed by atoms with Crippen molar-refractivity contribution in [1.29, 1.82) is 0 Å². The van der Waals surface area contributed by atoms with Gasteiger partial charge in [-0.15, -0.1) is 0 Å². The average Bonchev–Trinajstić information content (AvgIpc) is 2.15. The Morgan fingerprint density at radius 3 is 2.31 bits per heavy atom. The molecule has 0 aliphatic carbocycles. The van der Waals surface area contributed by atoms with Gasteiger partial charge in [0, 0.05) is 0 Å². The van der Waals surface area contributed by atoms with Gasteiger partial charge in [-0.3, -0.25) is 0 Å². The summed E-state index contributed by atoms with van der Waals surface area (Å²) in [6.45, 7) is 3.43. The fourth-order valence-corrected chi connectivity index (χ4v) is 0.791. The van der Waals surface area contributed by atoms with Crippen LogP contribution in [-0.2, 0) is 0 Å². The van der Waals surface area contributed by atoms with Crippen molar-refractivity contribution in [3.8, 4) is 0 Å². The van der Waals surface area contributed by atoms with Gasteiger partial charge in [0.15, 0.2) is 0 Å². The Hall–Kier alpha value is -0.640. The van der Waals surface area contributed by atoms with Gasteiger partial charge in [-0.25, -0.2) is 0 Å². The van der Waals surface area contributed by atoms with E-state index in [-0.39, 0.29) is 13.2 Å². The molecule has 0 amide bonds. The van der Waals surface area contributed by atoms with E-state index in [0.717, 1.165) is 11.1 Å². The second-order valence-corrected chi connectivity index (χ2v) is 3.09. The Morgan fingerprint density at radius 2 is 1.85 bits per heavy atom. The molecule has 3 nitrogen and oxygen atoms in total. The third-order valence-electron chi connectivity index (χ3n) is 1.85. The summed E-state index contributed by atoms with van der Waals surface area (Å²) in [6.07, 6.45) is 3.63. The average molecular weight is 186 g/mol. The van der Waals surface area contributed by atoms with E-state index in [2.05, 4.69) is 0 Å². The molecule has 0 aliphatic heterocycles. The number of rotatable bonds is 5. The van der Waals surface area contributed by atoms with Crippen molar-refractivity contribution in [3.05, 3.63) is 23.3 Å². The number of hydrogen-bond acceptors (Lipinski definition) is 3. The summed E-state index contributed by atoms with van der Waals surface area (Å²) in [4.78, 5) is 0. The van der Waals surface area contributed by atoms with Crippen molar-refractivity contribution in [3.63, 3.8) is 0 Å². The molecule has 0 aromatic carbocycles. The molecule has 0 rings (SSSR count). The van der Waals surface area contributed by atoms with Gasteiger partial charge in [-0.05, 0) is 25.8 Å². The molecule has 0 spiro atoms. The van der Waals surface area contributed by atoms with Crippen molar-refractivity contribution >= 4 is 0 Å². The van der Waals surface area contributed by atoms with Crippen LogP contribution in [0.4, 0.5) is 0 Å². The Kier molecular flexibility index (Phi) is 6.49. The predicted octanol–water partition coefficient (Wildman–Crippen LogP) is 0.615. The maximum atomic E-state index is 9.16. The highest BCUT2D eigenvalue weighted by molar-refractivity contribution is 5.09. The molecule has 0 saturated heterocycles. The summed E-state index contributed by atoms with van der Waals surface area (Å²) in [7, 11) is 0. The summed E-state index contributed by atoms with van der Waals surface area (Å²) >= 11 is 0. The molecule has 0 aliphatic rings. The van der Waals surface area contributed by atoms with E-state index < -0.39 is 6.10 Å². The molecule has 0 aromatic rings. The van der Waals surface area contributed by atoms with Crippen LogP contribution in [0.5, 0.6) is 0 Å². The van der Waals surface area contributed by atoms with Crippen molar-refractivity contribution in [1.82, 2.24) is 0 Å². The fourth-order valence-electron chi connectivity index (χ4n) is 0.791. The lowest BCUT2D eigenvalue weighted by Crippen LogP contribution is -2.12. The minimum absolute atomic E-state index is 0.0649. The van der Waals surface area contributed by atoms with E-state index in [1.807, 2.05) is 19.1 Å². The molecule has 1 unspecified atom stereocenters. The van der Waals surface area contributed by atoms with Crippen molar-refractivity contribution in [2.24, 2.45) is 0 Å². The van der Waals surface area contributed by atoms with Crippen molar-refractivity contribution < 1.29 is 15.3 Å². The molecule has 3 N–H and O–H groups in total. The maximum absolute atomic E-state index is 9.16. The van der Waals surface area contributed by atoms with Gasteiger partial charge in [0.1, 0.15) is 0 Å². The van der Waals surface area contributed by atoms with E-state index in [9.17, 15) is 0 Å². The lowest BCUT2D eigenvalue weighted by molar-refractivity contribution is 0.122. The lowest BCUT2D eigenvalue weighted by Gasteiger charge is -2.06. The molecule has 3 heteroatoms. The quantitative estimate of drug-likeness (QED) is 0.551. The fraction of sp³-hybridized carbons (Fsp3) is 0.600. The van der Waals surface area contributed by atoms with E-state index in [0.29, 0.717) is 6.42 Å². The highest BCUT2D eigenvalue weighted by Crippen LogP contribution is 2.03. The molecule has 0 radical (unpaired) electrons. The van der Waals surface area contributed by atoms with Crippen LogP contribution in [0.15, 0.2) is 23.3 Å². The molecule has 0 heterocycles. The van der Waals surface area contributed by atoms with Crippen LogP contribution in [0, 0.1) is 0 Å². The summed E-state index contributed by atoms with van der Waals surface area (Å²) in [5.41, 5.74) is 1.66. The van der Waals surface area contributed by atoms with Crippen molar-refractivity contribution in [2.45, 2.75) is 26.4 Å². The molecule has 0 bridgehead atoms. The van der Waals surface area contributed by atoms with Gasteiger partial charge < -0.3 is 15.3 Å². The Labute approximate surface area is 79.0 Å². The summed E-state index contributed by atoms with van der Waals surface area (Å²) in [5.74, 6) is 0. The zero-order valence-corrected chi connectivity index (χ0v) is 8.20. The SMILES string of the molecule is CC(=CCC=C(C)C(O)CO)CO. The normalized spacial score (nSPS) is 16.1. The smallest absolute Gasteiger partial charge is 0.0978 e. The Bertz CT molecular complexity index is 194. The van der Waals surface area contributed by atoms with Gasteiger partial charge in [0.25, 0.3) is 0 Å². The van der Waals surface area contributed by atoms with Crippen LogP contribution >= 0.6 is 0 Å². The first-order valence-electron chi connectivity index (χ1n) is 4.33. The molecule has 0 fully saturated rings. The predicted molar refractivity (Wildman–Crippen MR) is 52.3 cm³/mol. The third kappa shape index (κ3) is 5.58. The Morgan fingerprint density at radius 1 is 1.23 bits per heavy atom. The summed E-state index contributed by atoms with van der Waals surface area (Å²) in [6, 6.07) is 0. The van der Waals surface area contributed by atoms with Gasteiger partial charge >= 0.3 is 0 Å². The standard InChI is InChI=1S/C10H18O3/c1-8(6-11)4-3-5-9(2)10(13)7-12/h4-5,10-13H,3,6-7H2,1-2H3. The monoisotopic (exact) mass is 186 g/mol. The van der Waals surface area contributed by atoms with E-state index in [1.165, 1.54) is 0 Å². The molecule has 76 valence electrons. The minimum Gasteiger partial charge on any atom is -0.393 e. The number of allylic oxidation sites excluding steroid dienone is 2. The van der Waals surface area contributed by atoms with Crippen LogP contribution in [0.1, 0.15) is 20.3 Å². The van der Waals surface area contributed by atoms with Crippen LogP contribution in [0.3, 0.4) is 0 Å². The highest BCUT2D eigenvalue weighted by Gasteiger charge is 2.01.